The molecule has 1 saturated carbocycles. The van der Waals surface area contributed by atoms with Gasteiger partial charge in [-0.1, -0.05) is 33.8 Å². The zero-order valence-electron chi connectivity index (χ0n) is 19.2. The summed E-state index contributed by atoms with van der Waals surface area (Å²) < 4.78 is 0. The molecule has 1 aliphatic heterocycles. The number of nitro groups is 1. The molecule has 0 bridgehead atoms. The zero-order chi connectivity index (χ0) is 22.3. The van der Waals surface area contributed by atoms with E-state index in [4.69, 9.17) is 0 Å². The third-order valence-electron chi connectivity index (χ3n) is 6.58. The number of allylic oxidation sites excluding steroid dienone is 1. The molecule has 1 aromatic rings. The second-order valence-corrected chi connectivity index (χ2v) is 10.9. The van der Waals surface area contributed by atoms with Crippen molar-refractivity contribution in [3.8, 4) is 0 Å². The van der Waals surface area contributed by atoms with E-state index in [0.717, 1.165) is 42.5 Å². The Balaban J connectivity index is 2.06. The minimum atomic E-state index is -0.371. The van der Waals surface area contributed by atoms with Crippen LogP contribution in [0.5, 0.6) is 0 Å². The standard InChI is InChI=1S/C25H36N2O3/c1-16(2)12-25(13-17(3)9-18(4)14-25)23(28)11-22-21-10-20(27(29)30)8-7-19(21)15-24(5,6)26-22/h7-8,10-11,16-18,26H,9,12-15H2,1-6H3/b22-11-. The third-order valence-corrected chi connectivity index (χ3v) is 6.58. The lowest BCUT2D eigenvalue weighted by Crippen LogP contribution is -2.45. The van der Waals surface area contributed by atoms with Gasteiger partial charge in [-0.25, -0.2) is 0 Å². The molecule has 0 aromatic heterocycles. The molecule has 5 nitrogen and oxygen atoms in total. The fourth-order valence-corrected chi connectivity index (χ4v) is 5.95. The minimum Gasteiger partial charge on any atom is -0.379 e. The van der Waals surface area contributed by atoms with Gasteiger partial charge < -0.3 is 5.32 Å². The van der Waals surface area contributed by atoms with Crippen molar-refractivity contribution in [2.75, 3.05) is 0 Å². The van der Waals surface area contributed by atoms with Crippen LogP contribution in [0.3, 0.4) is 0 Å². The lowest BCUT2D eigenvalue weighted by molar-refractivity contribution is -0.384. The van der Waals surface area contributed by atoms with E-state index in [1.54, 1.807) is 18.2 Å². The van der Waals surface area contributed by atoms with E-state index in [0.29, 0.717) is 17.8 Å². The fraction of sp³-hybridized carbons (Fsp3) is 0.640. The highest BCUT2D eigenvalue weighted by Gasteiger charge is 2.43. The Kier molecular flexibility index (Phi) is 6.13. The fourth-order valence-electron chi connectivity index (χ4n) is 5.95. The molecule has 5 heteroatoms. The van der Waals surface area contributed by atoms with E-state index >= 15 is 0 Å². The lowest BCUT2D eigenvalue weighted by Gasteiger charge is -2.43. The van der Waals surface area contributed by atoms with Crippen molar-refractivity contribution in [3.63, 3.8) is 0 Å². The van der Waals surface area contributed by atoms with Gasteiger partial charge in [0.05, 0.1) is 4.92 Å². The van der Waals surface area contributed by atoms with E-state index < -0.39 is 0 Å². The molecule has 2 unspecified atom stereocenters. The molecule has 2 atom stereocenters. The molecule has 164 valence electrons. The van der Waals surface area contributed by atoms with Crippen LogP contribution in [0.25, 0.3) is 5.70 Å². The third kappa shape index (κ3) is 4.76. The van der Waals surface area contributed by atoms with E-state index in [-0.39, 0.29) is 27.3 Å². The first kappa shape index (κ1) is 22.5. The molecular formula is C25H36N2O3. The van der Waals surface area contributed by atoms with Gasteiger partial charge >= 0.3 is 0 Å². The maximum absolute atomic E-state index is 13.8. The smallest absolute Gasteiger partial charge is 0.270 e. The number of carbonyl (C=O) groups is 1. The van der Waals surface area contributed by atoms with E-state index in [1.165, 1.54) is 6.42 Å². The van der Waals surface area contributed by atoms with Gasteiger partial charge in [0.15, 0.2) is 5.78 Å². The van der Waals surface area contributed by atoms with Crippen LogP contribution in [0.4, 0.5) is 5.69 Å². The van der Waals surface area contributed by atoms with Gasteiger partial charge in [-0.2, -0.15) is 0 Å². The number of nitro benzene ring substituents is 1. The molecule has 3 rings (SSSR count). The maximum Gasteiger partial charge on any atom is 0.270 e. The molecule has 0 saturated heterocycles. The van der Waals surface area contributed by atoms with Crippen molar-refractivity contribution >= 4 is 17.2 Å². The molecule has 0 amide bonds. The summed E-state index contributed by atoms with van der Waals surface area (Å²) in [7, 11) is 0. The number of carbonyl (C=O) groups excluding carboxylic acids is 1. The molecule has 1 fully saturated rings. The number of rotatable bonds is 5. The Hall–Kier alpha value is -2.17. The Morgan fingerprint density at radius 1 is 1.27 bits per heavy atom. The van der Waals surface area contributed by atoms with E-state index in [9.17, 15) is 14.9 Å². The van der Waals surface area contributed by atoms with Crippen LogP contribution in [0, 0.1) is 33.3 Å². The first-order valence-corrected chi connectivity index (χ1v) is 11.2. The number of hydrogen-bond donors (Lipinski definition) is 1. The van der Waals surface area contributed by atoms with Crippen LogP contribution in [0.2, 0.25) is 0 Å². The van der Waals surface area contributed by atoms with Crippen molar-refractivity contribution in [2.45, 2.75) is 79.2 Å². The largest absolute Gasteiger partial charge is 0.379 e. The predicted octanol–water partition coefficient (Wildman–Crippen LogP) is 5.92. The molecule has 1 aliphatic carbocycles. The number of nitrogens with zero attached hydrogens (tertiary/aromatic N) is 1. The molecule has 30 heavy (non-hydrogen) atoms. The van der Waals surface area contributed by atoms with Crippen molar-refractivity contribution in [3.05, 3.63) is 45.5 Å². The molecule has 1 heterocycles. The maximum atomic E-state index is 13.8. The second-order valence-electron chi connectivity index (χ2n) is 10.9. The van der Waals surface area contributed by atoms with Gasteiger partial charge in [0.25, 0.3) is 5.69 Å². The van der Waals surface area contributed by atoms with Gasteiger partial charge in [-0.3, -0.25) is 14.9 Å². The number of fused-ring (bicyclic) bond motifs is 1. The molecular weight excluding hydrogens is 376 g/mol. The summed E-state index contributed by atoms with van der Waals surface area (Å²) in [5.74, 6) is 1.67. The normalized spacial score (nSPS) is 29.4. The predicted molar refractivity (Wildman–Crippen MR) is 121 cm³/mol. The van der Waals surface area contributed by atoms with Crippen molar-refractivity contribution in [2.24, 2.45) is 23.2 Å². The average molecular weight is 413 g/mol. The quantitative estimate of drug-likeness (QED) is 0.370. The Morgan fingerprint density at radius 3 is 2.47 bits per heavy atom. The summed E-state index contributed by atoms with van der Waals surface area (Å²) in [5, 5.41) is 14.8. The molecule has 0 radical (unpaired) electrons. The summed E-state index contributed by atoms with van der Waals surface area (Å²) in [6.45, 7) is 13.1. The van der Waals surface area contributed by atoms with Gasteiger partial charge in [0, 0.05) is 40.4 Å². The Bertz CT molecular complexity index is 854. The number of hydrogen-bond acceptors (Lipinski definition) is 4. The SMILES string of the molecule is CC(C)CC1(C(=O)/C=C2\NC(C)(C)Cc3ccc([N+](=O)[O-])cc32)CC(C)CC(C)C1. The monoisotopic (exact) mass is 412 g/mol. The molecule has 0 spiro atoms. The van der Waals surface area contributed by atoms with Gasteiger partial charge in [-0.15, -0.1) is 0 Å². The van der Waals surface area contributed by atoms with Crippen molar-refractivity contribution < 1.29 is 9.72 Å². The number of nitrogens with one attached hydrogen (secondary N) is 1. The van der Waals surface area contributed by atoms with Crippen LogP contribution in [-0.2, 0) is 11.2 Å². The highest BCUT2D eigenvalue weighted by atomic mass is 16.6. The number of ketones is 1. The van der Waals surface area contributed by atoms with E-state index in [1.807, 2.05) is 6.07 Å². The van der Waals surface area contributed by atoms with Crippen LogP contribution in [0.15, 0.2) is 24.3 Å². The highest BCUT2D eigenvalue weighted by molar-refractivity contribution is 6.01. The van der Waals surface area contributed by atoms with Crippen LogP contribution < -0.4 is 5.32 Å². The zero-order valence-corrected chi connectivity index (χ0v) is 19.2. The molecule has 1 aromatic carbocycles. The molecule has 2 aliphatic rings. The number of benzene rings is 1. The minimum absolute atomic E-state index is 0.0606. The van der Waals surface area contributed by atoms with Gasteiger partial charge in [-0.05, 0) is 69.3 Å². The average Bonchev–Trinajstić information content (AvgIpc) is 2.58. The topological polar surface area (TPSA) is 72.2 Å². The first-order valence-electron chi connectivity index (χ1n) is 11.2. The molecule has 1 N–H and O–H groups in total. The second kappa shape index (κ2) is 8.16. The van der Waals surface area contributed by atoms with Crippen molar-refractivity contribution in [1.29, 1.82) is 0 Å². The highest BCUT2D eigenvalue weighted by Crippen LogP contribution is 2.47. The summed E-state index contributed by atoms with van der Waals surface area (Å²) in [5.41, 5.74) is 2.06. The van der Waals surface area contributed by atoms with Gasteiger partial charge in [0.1, 0.15) is 0 Å². The van der Waals surface area contributed by atoms with Crippen molar-refractivity contribution in [1.82, 2.24) is 5.32 Å². The van der Waals surface area contributed by atoms with Crippen LogP contribution in [0.1, 0.15) is 78.4 Å². The summed E-state index contributed by atoms with van der Waals surface area (Å²) >= 11 is 0. The summed E-state index contributed by atoms with van der Waals surface area (Å²) in [6, 6.07) is 5.01. The summed E-state index contributed by atoms with van der Waals surface area (Å²) in [6.07, 6.45) is 6.42. The Labute approximate surface area is 180 Å². The number of non-ortho nitro benzene ring substituents is 1. The van der Waals surface area contributed by atoms with Gasteiger partial charge in [0.2, 0.25) is 0 Å². The van der Waals surface area contributed by atoms with Crippen LogP contribution in [-0.4, -0.2) is 16.2 Å². The van der Waals surface area contributed by atoms with E-state index in [2.05, 4.69) is 46.9 Å². The lowest BCUT2D eigenvalue weighted by atomic mass is 9.61. The summed E-state index contributed by atoms with van der Waals surface area (Å²) in [4.78, 5) is 24.8. The Morgan fingerprint density at radius 2 is 1.90 bits per heavy atom. The van der Waals surface area contributed by atoms with Crippen LogP contribution >= 0.6 is 0 Å². The first-order chi connectivity index (χ1) is 13.9.